The van der Waals surface area contributed by atoms with Crippen molar-refractivity contribution in [3.63, 3.8) is 0 Å². The number of hydrogen-bond acceptors (Lipinski definition) is 5. The summed E-state index contributed by atoms with van der Waals surface area (Å²) in [5.41, 5.74) is -0.370. The van der Waals surface area contributed by atoms with Crippen LogP contribution in [0.2, 0.25) is 0 Å². The van der Waals surface area contributed by atoms with Gasteiger partial charge < -0.3 is 13.8 Å². The van der Waals surface area contributed by atoms with Crippen molar-refractivity contribution in [1.82, 2.24) is 10.2 Å². The first-order valence-corrected chi connectivity index (χ1v) is 12.2. The molecule has 2 atom stereocenters. The Hall–Kier alpha value is -0.300. The van der Waals surface area contributed by atoms with Crippen LogP contribution in [-0.2, 0) is 13.7 Å². The van der Waals surface area contributed by atoms with Crippen LogP contribution in [0.5, 0.6) is 0 Å². The summed E-state index contributed by atoms with van der Waals surface area (Å²) in [6.07, 6.45) is 9.17. The average Bonchev–Trinajstić information content (AvgIpc) is 2.66. The van der Waals surface area contributed by atoms with Gasteiger partial charge in [-0.3, -0.25) is 10.1 Å². The molecule has 1 aliphatic carbocycles. The first kappa shape index (κ1) is 24.0. The second-order valence-corrected chi connectivity index (χ2v) is 10.4. The van der Waals surface area contributed by atoms with Gasteiger partial charge in [0.1, 0.15) is 6.73 Å². The minimum atomic E-state index is -0.370. The molecule has 2 fully saturated rings. The number of amides is 1. The first-order valence-electron chi connectivity index (χ1n) is 11.1. The molecule has 6 heteroatoms. The van der Waals surface area contributed by atoms with Gasteiger partial charge in [0, 0.05) is 24.3 Å². The summed E-state index contributed by atoms with van der Waals surface area (Å²) in [5.74, 6) is 1.83. The van der Waals surface area contributed by atoms with Gasteiger partial charge in [-0.1, -0.05) is 34.6 Å². The van der Waals surface area contributed by atoms with E-state index in [9.17, 15) is 4.79 Å². The topological polar surface area (TPSA) is 50.8 Å². The first-order chi connectivity index (χ1) is 13.2. The molecule has 1 N–H and O–H groups in total. The van der Waals surface area contributed by atoms with Crippen LogP contribution in [0.4, 0.5) is 0 Å². The third-order valence-corrected chi connectivity index (χ3v) is 6.72. The molecule has 1 saturated heterocycles. The molecular formula is C22H42N2O3S. The predicted octanol–water partition coefficient (Wildman–Crippen LogP) is 4.47. The van der Waals surface area contributed by atoms with Crippen molar-refractivity contribution >= 4 is 17.9 Å². The Labute approximate surface area is 176 Å². The van der Waals surface area contributed by atoms with Crippen molar-refractivity contribution < 1.29 is 13.7 Å². The number of nitrogens with one attached hydrogen (secondary N) is 1. The molecule has 5 nitrogen and oxygen atoms in total. The summed E-state index contributed by atoms with van der Waals surface area (Å²) in [6.45, 7) is 12.6. The highest BCUT2D eigenvalue weighted by Gasteiger charge is 2.39. The van der Waals surface area contributed by atoms with Crippen molar-refractivity contribution in [2.24, 2.45) is 17.3 Å². The van der Waals surface area contributed by atoms with Crippen LogP contribution in [0, 0.1) is 17.3 Å². The SMILES string of the molecule is CSOCN[C@H]1CCCN(C(=O)C(C)(C)C)[C@H]1COC1CCC(C(C)C)CC1. The summed E-state index contributed by atoms with van der Waals surface area (Å²) in [6, 6.07) is 0.299. The number of hydrogen-bond donors (Lipinski definition) is 1. The van der Waals surface area contributed by atoms with Gasteiger partial charge in [0.05, 0.1) is 18.8 Å². The van der Waals surface area contributed by atoms with E-state index in [0.717, 1.165) is 44.1 Å². The molecule has 164 valence electrons. The van der Waals surface area contributed by atoms with Gasteiger partial charge >= 0.3 is 0 Å². The van der Waals surface area contributed by atoms with Crippen LogP contribution in [0.25, 0.3) is 0 Å². The second-order valence-electron chi connectivity index (χ2n) is 9.81. The Kier molecular flexibility index (Phi) is 9.58. The van der Waals surface area contributed by atoms with Crippen molar-refractivity contribution in [3.8, 4) is 0 Å². The Bertz CT molecular complexity index is 473. The van der Waals surface area contributed by atoms with Gasteiger partial charge in [-0.05, 0) is 62.4 Å². The molecule has 1 amide bonds. The lowest BCUT2D eigenvalue weighted by atomic mass is 9.80. The summed E-state index contributed by atoms with van der Waals surface area (Å²) in [7, 11) is 0. The van der Waals surface area contributed by atoms with Gasteiger partial charge in [0.2, 0.25) is 5.91 Å². The van der Waals surface area contributed by atoms with Crippen LogP contribution in [-0.4, -0.2) is 55.1 Å². The van der Waals surface area contributed by atoms with E-state index >= 15 is 0 Å². The zero-order valence-corrected chi connectivity index (χ0v) is 19.6. The van der Waals surface area contributed by atoms with Gasteiger partial charge in [-0.25, -0.2) is 0 Å². The smallest absolute Gasteiger partial charge is 0.228 e. The summed E-state index contributed by atoms with van der Waals surface area (Å²) >= 11 is 1.37. The lowest BCUT2D eigenvalue weighted by Crippen LogP contribution is -2.60. The molecule has 0 unspecified atom stereocenters. The van der Waals surface area contributed by atoms with Crippen LogP contribution < -0.4 is 5.32 Å². The Morgan fingerprint density at radius 2 is 1.86 bits per heavy atom. The molecule has 1 saturated carbocycles. The highest BCUT2D eigenvalue weighted by Crippen LogP contribution is 2.32. The van der Waals surface area contributed by atoms with Crippen molar-refractivity contribution in [2.45, 2.75) is 91.3 Å². The number of likely N-dealkylation sites (tertiary alicyclic amines) is 1. The summed E-state index contributed by atoms with van der Waals surface area (Å²) in [5, 5.41) is 3.50. The molecule has 2 aliphatic rings. The Balaban J connectivity index is 1.98. The fourth-order valence-electron chi connectivity index (χ4n) is 4.54. The fraction of sp³-hybridized carbons (Fsp3) is 0.955. The number of carbonyl (C=O) groups excluding carboxylic acids is 1. The molecule has 2 rings (SSSR count). The van der Waals surface area contributed by atoms with E-state index in [1.807, 2.05) is 27.0 Å². The Morgan fingerprint density at radius 3 is 2.43 bits per heavy atom. The normalized spacial score (nSPS) is 29.3. The van der Waals surface area contributed by atoms with E-state index in [1.165, 1.54) is 24.9 Å². The van der Waals surface area contributed by atoms with E-state index in [4.69, 9.17) is 8.92 Å². The van der Waals surface area contributed by atoms with Crippen LogP contribution in [0.15, 0.2) is 0 Å². The number of nitrogens with zero attached hydrogens (tertiary/aromatic N) is 1. The molecule has 1 aliphatic heterocycles. The number of carbonyl (C=O) groups is 1. The summed E-state index contributed by atoms with van der Waals surface area (Å²) < 4.78 is 11.8. The molecule has 0 aromatic heterocycles. The molecule has 1 heterocycles. The van der Waals surface area contributed by atoms with Gasteiger partial charge in [0.25, 0.3) is 0 Å². The summed E-state index contributed by atoms with van der Waals surface area (Å²) in [4.78, 5) is 15.2. The highest BCUT2D eigenvalue weighted by molar-refractivity contribution is 7.93. The maximum absolute atomic E-state index is 13.1. The molecule has 28 heavy (non-hydrogen) atoms. The number of piperidine rings is 1. The van der Waals surface area contributed by atoms with E-state index in [-0.39, 0.29) is 23.4 Å². The maximum atomic E-state index is 13.1. The van der Waals surface area contributed by atoms with E-state index < -0.39 is 0 Å². The van der Waals surface area contributed by atoms with Crippen LogP contribution in [0.3, 0.4) is 0 Å². The Morgan fingerprint density at radius 1 is 1.18 bits per heavy atom. The fourth-order valence-corrected chi connectivity index (χ4v) is 4.73. The van der Waals surface area contributed by atoms with Gasteiger partial charge in [-0.2, -0.15) is 0 Å². The number of ether oxygens (including phenoxy) is 1. The predicted molar refractivity (Wildman–Crippen MR) is 117 cm³/mol. The lowest BCUT2D eigenvalue weighted by molar-refractivity contribution is -0.147. The highest BCUT2D eigenvalue weighted by atomic mass is 32.2. The van der Waals surface area contributed by atoms with Crippen molar-refractivity contribution in [3.05, 3.63) is 0 Å². The minimum absolute atomic E-state index is 0.0775. The molecule has 0 radical (unpaired) electrons. The van der Waals surface area contributed by atoms with Crippen molar-refractivity contribution in [2.75, 3.05) is 26.1 Å². The third kappa shape index (κ3) is 6.89. The zero-order chi connectivity index (χ0) is 20.7. The van der Waals surface area contributed by atoms with E-state index in [0.29, 0.717) is 19.4 Å². The van der Waals surface area contributed by atoms with E-state index in [1.54, 1.807) is 0 Å². The number of rotatable bonds is 8. The molecular weight excluding hydrogens is 372 g/mol. The monoisotopic (exact) mass is 414 g/mol. The van der Waals surface area contributed by atoms with Crippen LogP contribution >= 0.6 is 12.0 Å². The zero-order valence-electron chi connectivity index (χ0n) is 18.8. The molecule has 0 spiro atoms. The quantitative estimate of drug-likeness (QED) is 0.361. The third-order valence-electron chi connectivity index (χ3n) is 6.37. The van der Waals surface area contributed by atoms with Gasteiger partial charge in [-0.15, -0.1) is 0 Å². The van der Waals surface area contributed by atoms with Crippen molar-refractivity contribution in [1.29, 1.82) is 0 Å². The average molecular weight is 415 g/mol. The standard InChI is InChI=1S/C22H42N2O3S/c1-16(2)17-9-11-18(12-10-17)26-14-20-19(23-15-27-28-6)8-7-13-24(20)21(25)22(3,4)5/h16-20,23H,7-15H2,1-6H3/t17?,18?,19-,20-/m0/s1. The van der Waals surface area contributed by atoms with Crippen LogP contribution in [0.1, 0.15) is 73.1 Å². The lowest BCUT2D eigenvalue weighted by Gasteiger charge is -2.44. The maximum Gasteiger partial charge on any atom is 0.228 e. The molecule has 0 bridgehead atoms. The second kappa shape index (κ2) is 11.2. The molecule has 0 aromatic rings. The largest absolute Gasteiger partial charge is 0.376 e. The molecule has 0 aromatic carbocycles. The van der Waals surface area contributed by atoms with E-state index in [2.05, 4.69) is 24.1 Å². The van der Waals surface area contributed by atoms with Gasteiger partial charge in [0.15, 0.2) is 0 Å². The minimum Gasteiger partial charge on any atom is -0.376 e.